The zero-order valence-corrected chi connectivity index (χ0v) is 11.5. The molecule has 0 bridgehead atoms. The molecule has 108 valence electrons. The van der Waals surface area contributed by atoms with Gasteiger partial charge in [-0.2, -0.15) is 0 Å². The largest absolute Gasteiger partial charge is 0.390 e. The van der Waals surface area contributed by atoms with Gasteiger partial charge in [0.1, 0.15) is 6.10 Å². The molecule has 0 amide bonds. The summed E-state index contributed by atoms with van der Waals surface area (Å²) in [6.07, 6.45) is -1.64. The number of rotatable bonds is 4. The van der Waals surface area contributed by atoms with Crippen molar-refractivity contribution in [2.24, 2.45) is 5.73 Å². The van der Waals surface area contributed by atoms with Crippen LogP contribution >= 0.6 is 0 Å². The molecule has 2 aromatic carbocycles. The van der Waals surface area contributed by atoms with Crippen molar-refractivity contribution in [3.05, 3.63) is 59.2 Å². The molecule has 0 heterocycles. The number of hydrogen-bond acceptors (Lipinski definition) is 4. The van der Waals surface area contributed by atoms with Gasteiger partial charge in [0.15, 0.2) is 5.78 Å². The highest BCUT2D eigenvalue weighted by Crippen LogP contribution is 2.37. The Balaban J connectivity index is 1.99. The van der Waals surface area contributed by atoms with Crippen LogP contribution in [-0.4, -0.2) is 28.6 Å². The average molecular weight is 283 g/mol. The Morgan fingerprint density at radius 1 is 0.952 bits per heavy atom. The molecule has 4 nitrogen and oxygen atoms in total. The summed E-state index contributed by atoms with van der Waals surface area (Å²) in [4.78, 5) is 12.4. The van der Waals surface area contributed by atoms with E-state index in [1.54, 1.807) is 18.2 Å². The summed E-state index contributed by atoms with van der Waals surface area (Å²) in [5.74, 6) is -0.0389. The van der Waals surface area contributed by atoms with Crippen molar-refractivity contribution in [1.82, 2.24) is 0 Å². The van der Waals surface area contributed by atoms with Crippen LogP contribution in [0.3, 0.4) is 0 Å². The third-order valence-corrected chi connectivity index (χ3v) is 3.92. The van der Waals surface area contributed by atoms with Crippen LogP contribution in [0.4, 0.5) is 0 Å². The highest BCUT2D eigenvalue weighted by Gasteiger charge is 2.28. The summed E-state index contributed by atoms with van der Waals surface area (Å²) >= 11 is 0. The van der Waals surface area contributed by atoms with E-state index in [0.29, 0.717) is 29.7 Å². The van der Waals surface area contributed by atoms with E-state index in [1.165, 1.54) is 0 Å². The number of ketones is 1. The molecule has 0 aromatic heterocycles. The summed E-state index contributed by atoms with van der Waals surface area (Å²) in [5, 5.41) is 20.0. The fourth-order valence-electron chi connectivity index (χ4n) is 2.78. The Bertz CT molecular complexity index is 696. The van der Waals surface area contributed by atoms with Crippen LogP contribution in [0.15, 0.2) is 42.5 Å². The lowest BCUT2D eigenvalue weighted by Gasteiger charge is -2.18. The first-order valence-electron chi connectivity index (χ1n) is 6.97. The molecule has 1 aliphatic rings. The first kappa shape index (κ1) is 13.9. The number of benzene rings is 2. The van der Waals surface area contributed by atoms with Crippen molar-refractivity contribution < 1.29 is 15.0 Å². The maximum absolute atomic E-state index is 12.4. The van der Waals surface area contributed by atoms with Crippen molar-refractivity contribution in [2.45, 2.75) is 18.6 Å². The maximum Gasteiger partial charge on any atom is 0.194 e. The van der Waals surface area contributed by atoms with Crippen LogP contribution in [0.5, 0.6) is 0 Å². The third-order valence-electron chi connectivity index (χ3n) is 3.92. The average Bonchev–Trinajstić information content (AvgIpc) is 2.80. The monoisotopic (exact) mass is 283 g/mol. The molecule has 2 aromatic rings. The summed E-state index contributed by atoms with van der Waals surface area (Å²) in [6.45, 7) is 0.299. The highest BCUT2D eigenvalue weighted by atomic mass is 16.3. The summed E-state index contributed by atoms with van der Waals surface area (Å²) in [6, 6.07) is 12.7. The molecule has 0 aliphatic heterocycles. The Hall–Kier alpha value is -2.01. The topological polar surface area (TPSA) is 83.6 Å². The van der Waals surface area contributed by atoms with Gasteiger partial charge < -0.3 is 15.9 Å². The van der Waals surface area contributed by atoms with Gasteiger partial charge in [0.2, 0.25) is 0 Å². The molecule has 0 saturated carbocycles. The van der Waals surface area contributed by atoms with Crippen LogP contribution in [0.25, 0.3) is 11.1 Å². The number of carbonyl (C=O) groups is 1. The lowest BCUT2D eigenvalue weighted by atomic mass is 9.97. The minimum atomic E-state index is -1.03. The predicted molar refractivity (Wildman–Crippen MR) is 79.9 cm³/mol. The van der Waals surface area contributed by atoms with Crippen LogP contribution in [-0.2, 0) is 0 Å². The molecule has 0 saturated heterocycles. The molecule has 3 rings (SSSR count). The predicted octanol–water partition coefficient (Wildman–Crippen LogP) is 1.64. The lowest BCUT2D eigenvalue weighted by Crippen LogP contribution is -2.21. The molecule has 0 spiro atoms. The molecule has 2 atom stereocenters. The van der Waals surface area contributed by atoms with Crippen LogP contribution in [0.2, 0.25) is 0 Å². The van der Waals surface area contributed by atoms with Crippen LogP contribution in [0, 0.1) is 0 Å². The van der Waals surface area contributed by atoms with Gasteiger partial charge in [-0.3, -0.25) is 4.79 Å². The van der Waals surface area contributed by atoms with Gasteiger partial charge >= 0.3 is 0 Å². The first-order chi connectivity index (χ1) is 10.1. The summed E-state index contributed by atoms with van der Waals surface area (Å²) < 4.78 is 0. The zero-order valence-electron chi connectivity index (χ0n) is 11.5. The molecule has 0 radical (unpaired) electrons. The first-order valence-corrected chi connectivity index (χ1v) is 6.97. The normalized spacial score (nSPS) is 15.5. The van der Waals surface area contributed by atoms with Gasteiger partial charge in [0.25, 0.3) is 0 Å². The highest BCUT2D eigenvalue weighted by molar-refractivity contribution is 6.21. The van der Waals surface area contributed by atoms with Crippen LogP contribution < -0.4 is 5.73 Å². The quantitative estimate of drug-likeness (QED) is 0.679. The number of carbonyl (C=O) groups excluding carboxylic acids is 1. The Morgan fingerprint density at radius 2 is 1.62 bits per heavy atom. The molecule has 4 heteroatoms. The van der Waals surface area contributed by atoms with E-state index in [1.807, 2.05) is 24.3 Å². The number of hydrogen-bond donors (Lipinski definition) is 3. The Kier molecular flexibility index (Phi) is 3.59. The number of fused-ring (bicyclic) bond motifs is 3. The zero-order chi connectivity index (χ0) is 15.0. The second-order valence-electron chi connectivity index (χ2n) is 5.27. The molecule has 0 fully saturated rings. The van der Waals surface area contributed by atoms with Crippen molar-refractivity contribution in [2.75, 3.05) is 6.54 Å². The fraction of sp³-hybridized carbons (Fsp3) is 0.235. The standard InChI is InChI=1S/C17H17NO3/c18-8-7-15(19)16(20)10-5-6-12-11-3-1-2-4-13(11)17(21)14(12)9-10/h1-6,9,15-16,19-20H,7-8,18H2. The van der Waals surface area contributed by atoms with Gasteiger partial charge in [0.05, 0.1) is 6.10 Å². The van der Waals surface area contributed by atoms with E-state index in [0.717, 1.165) is 11.1 Å². The van der Waals surface area contributed by atoms with E-state index in [4.69, 9.17) is 5.73 Å². The number of nitrogens with two attached hydrogens (primary N) is 1. The molecular weight excluding hydrogens is 266 g/mol. The third kappa shape index (κ3) is 2.27. The van der Waals surface area contributed by atoms with E-state index >= 15 is 0 Å². The molecule has 1 aliphatic carbocycles. The van der Waals surface area contributed by atoms with E-state index < -0.39 is 12.2 Å². The smallest absolute Gasteiger partial charge is 0.194 e. The summed E-state index contributed by atoms with van der Waals surface area (Å²) in [7, 11) is 0. The molecule has 21 heavy (non-hydrogen) atoms. The van der Waals surface area contributed by atoms with Crippen molar-refractivity contribution in [3.8, 4) is 11.1 Å². The second kappa shape index (κ2) is 5.41. The minimum absolute atomic E-state index is 0.0389. The second-order valence-corrected chi connectivity index (χ2v) is 5.27. The maximum atomic E-state index is 12.4. The van der Waals surface area contributed by atoms with Gasteiger partial charge in [0, 0.05) is 11.1 Å². The van der Waals surface area contributed by atoms with Crippen molar-refractivity contribution in [1.29, 1.82) is 0 Å². The van der Waals surface area contributed by atoms with Crippen LogP contribution in [0.1, 0.15) is 34.0 Å². The SMILES string of the molecule is NCCC(O)C(O)c1ccc2c(c1)C(=O)c1ccccc1-2. The summed E-state index contributed by atoms with van der Waals surface area (Å²) in [5.41, 5.74) is 8.98. The van der Waals surface area contributed by atoms with E-state index in [-0.39, 0.29) is 5.78 Å². The van der Waals surface area contributed by atoms with Crippen molar-refractivity contribution in [3.63, 3.8) is 0 Å². The van der Waals surface area contributed by atoms with Crippen molar-refractivity contribution >= 4 is 5.78 Å². The van der Waals surface area contributed by atoms with E-state index in [2.05, 4.69) is 0 Å². The lowest BCUT2D eigenvalue weighted by molar-refractivity contribution is 0.0150. The number of aliphatic hydroxyl groups is 2. The van der Waals surface area contributed by atoms with Gasteiger partial charge in [-0.05, 0) is 35.7 Å². The molecule has 4 N–H and O–H groups in total. The van der Waals surface area contributed by atoms with Gasteiger partial charge in [-0.15, -0.1) is 0 Å². The molecule has 2 unspecified atom stereocenters. The minimum Gasteiger partial charge on any atom is -0.390 e. The van der Waals surface area contributed by atoms with E-state index in [9.17, 15) is 15.0 Å². The van der Waals surface area contributed by atoms with Gasteiger partial charge in [-0.25, -0.2) is 0 Å². The molecular formula is C17H17NO3. The fourth-order valence-corrected chi connectivity index (χ4v) is 2.78. The Morgan fingerprint density at radius 3 is 2.33 bits per heavy atom. The Labute approximate surface area is 122 Å². The van der Waals surface area contributed by atoms with Gasteiger partial charge in [-0.1, -0.05) is 36.4 Å². The number of aliphatic hydroxyl groups excluding tert-OH is 2.